The molecule has 3 rings (SSSR count). The minimum Gasteiger partial charge on any atom is -0.497 e. The third kappa shape index (κ3) is 4.31. The van der Waals surface area contributed by atoms with E-state index in [1.807, 2.05) is 12.1 Å². The fraction of sp³-hybridized carbons (Fsp3) is 0.368. The van der Waals surface area contributed by atoms with Crippen LogP contribution < -0.4 is 9.46 Å². The number of benzene rings is 2. The van der Waals surface area contributed by atoms with Gasteiger partial charge < -0.3 is 4.74 Å². The maximum absolute atomic E-state index is 13.9. The summed E-state index contributed by atoms with van der Waals surface area (Å²) in [7, 11) is -2.83. The highest BCUT2D eigenvalue weighted by atomic mass is 32.2. The number of sulfonamides is 1. The standard InChI is InChI=1S/C19H21F3N2O3S/c1-27-14-6-4-5-13(11-14)16(24-9-2-3-10-24)12-23-28(25,26)17-8-7-15(20)18(21)19(17)22/h4-8,11,16,23H,2-3,9-10,12H2,1H3. The van der Waals surface area contributed by atoms with E-state index >= 15 is 0 Å². The van der Waals surface area contributed by atoms with Gasteiger partial charge in [0.2, 0.25) is 10.0 Å². The lowest BCUT2D eigenvalue weighted by atomic mass is 10.1. The van der Waals surface area contributed by atoms with Gasteiger partial charge in [0, 0.05) is 12.6 Å². The molecule has 1 unspecified atom stereocenters. The molecule has 1 aliphatic heterocycles. The van der Waals surface area contributed by atoms with Crippen LogP contribution in [0.15, 0.2) is 41.3 Å². The van der Waals surface area contributed by atoms with E-state index in [2.05, 4.69) is 9.62 Å². The van der Waals surface area contributed by atoms with Gasteiger partial charge in [-0.3, -0.25) is 4.90 Å². The summed E-state index contributed by atoms with van der Waals surface area (Å²) in [5, 5.41) is 0. The molecule has 152 valence electrons. The van der Waals surface area contributed by atoms with Crippen molar-refractivity contribution in [3.05, 3.63) is 59.4 Å². The summed E-state index contributed by atoms with van der Waals surface area (Å²) < 4.78 is 73.1. The molecule has 5 nitrogen and oxygen atoms in total. The zero-order valence-corrected chi connectivity index (χ0v) is 16.1. The number of nitrogens with zero attached hydrogens (tertiary/aromatic N) is 1. The summed E-state index contributed by atoms with van der Waals surface area (Å²) in [4.78, 5) is 1.20. The summed E-state index contributed by atoms with van der Waals surface area (Å²) in [6.07, 6.45) is 1.98. The van der Waals surface area contributed by atoms with Crippen molar-refractivity contribution in [3.63, 3.8) is 0 Å². The quantitative estimate of drug-likeness (QED) is 0.707. The molecule has 2 aromatic carbocycles. The maximum Gasteiger partial charge on any atom is 0.243 e. The summed E-state index contributed by atoms with van der Waals surface area (Å²) in [6.45, 7) is 1.54. The van der Waals surface area contributed by atoms with E-state index < -0.39 is 32.4 Å². The number of rotatable bonds is 7. The maximum atomic E-state index is 13.9. The molecule has 0 radical (unpaired) electrons. The Morgan fingerprint density at radius 3 is 2.50 bits per heavy atom. The Morgan fingerprint density at radius 2 is 1.82 bits per heavy atom. The van der Waals surface area contributed by atoms with Crippen molar-refractivity contribution in [2.24, 2.45) is 0 Å². The van der Waals surface area contributed by atoms with Gasteiger partial charge in [-0.2, -0.15) is 0 Å². The van der Waals surface area contributed by atoms with Gasteiger partial charge in [-0.05, 0) is 55.8 Å². The van der Waals surface area contributed by atoms with Crippen LogP contribution in [-0.4, -0.2) is 40.1 Å². The molecule has 0 aliphatic carbocycles. The smallest absolute Gasteiger partial charge is 0.243 e. The molecule has 1 aliphatic rings. The number of likely N-dealkylation sites (tertiary alicyclic amines) is 1. The zero-order valence-electron chi connectivity index (χ0n) is 15.3. The molecule has 1 saturated heterocycles. The summed E-state index contributed by atoms with van der Waals surface area (Å²) >= 11 is 0. The second-order valence-corrected chi connectivity index (χ2v) is 8.30. The number of halogens is 3. The summed E-state index contributed by atoms with van der Waals surface area (Å²) in [5.74, 6) is -4.35. The Hall–Kier alpha value is -2.10. The normalized spacial score (nSPS) is 16.3. The molecule has 1 heterocycles. The third-order valence-electron chi connectivity index (χ3n) is 4.82. The molecule has 0 amide bonds. The van der Waals surface area contributed by atoms with Crippen molar-refractivity contribution in [2.45, 2.75) is 23.8 Å². The minimum absolute atomic E-state index is 0.0477. The molecular weight excluding hydrogens is 393 g/mol. The Balaban J connectivity index is 1.86. The number of methoxy groups -OCH3 is 1. The lowest BCUT2D eigenvalue weighted by Crippen LogP contribution is -2.37. The van der Waals surface area contributed by atoms with E-state index in [4.69, 9.17) is 4.74 Å². The van der Waals surface area contributed by atoms with Crippen LogP contribution in [0.1, 0.15) is 24.4 Å². The Kier molecular flexibility index (Phi) is 6.26. The molecule has 2 aromatic rings. The highest BCUT2D eigenvalue weighted by Gasteiger charge is 2.28. The monoisotopic (exact) mass is 414 g/mol. The van der Waals surface area contributed by atoms with Crippen molar-refractivity contribution in [2.75, 3.05) is 26.7 Å². The molecule has 0 bridgehead atoms. The fourth-order valence-electron chi connectivity index (χ4n) is 3.34. The van der Waals surface area contributed by atoms with Crippen LogP contribution in [0, 0.1) is 17.5 Å². The predicted molar refractivity (Wildman–Crippen MR) is 98.0 cm³/mol. The number of nitrogens with one attached hydrogen (secondary N) is 1. The van der Waals surface area contributed by atoms with E-state index in [-0.39, 0.29) is 12.6 Å². The Morgan fingerprint density at radius 1 is 1.11 bits per heavy atom. The largest absolute Gasteiger partial charge is 0.497 e. The molecule has 0 spiro atoms. The van der Waals surface area contributed by atoms with Gasteiger partial charge in [-0.1, -0.05) is 12.1 Å². The Bertz CT molecular complexity index is 947. The first-order valence-corrected chi connectivity index (χ1v) is 10.3. The van der Waals surface area contributed by atoms with Crippen molar-refractivity contribution >= 4 is 10.0 Å². The van der Waals surface area contributed by atoms with E-state index in [0.717, 1.165) is 31.5 Å². The van der Waals surface area contributed by atoms with Crippen molar-refractivity contribution in [3.8, 4) is 5.75 Å². The lowest BCUT2D eigenvalue weighted by Gasteiger charge is -2.28. The fourth-order valence-corrected chi connectivity index (χ4v) is 4.45. The van der Waals surface area contributed by atoms with E-state index in [0.29, 0.717) is 17.9 Å². The second-order valence-electron chi connectivity index (χ2n) is 6.56. The van der Waals surface area contributed by atoms with Gasteiger partial charge in [-0.15, -0.1) is 0 Å². The number of hydrogen-bond donors (Lipinski definition) is 1. The van der Waals surface area contributed by atoms with Gasteiger partial charge in [-0.25, -0.2) is 26.3 Å². The van der Waals surface area contributed by atoms with Gasteiger partial charge in [0.25, 0.3) is 0 Å². The van der Waals surface area contributed by atoms with Gasteiger partial charge in [0.1, 0.15) is 10.6 Å². The molecule has 28 heavy (non-hydrogen) atoms. The minimum atomic E-state index is -4.37. The highest BCUT2D eigenvalue weighted by molar-refractivity contribution is 7.89. The van der Waals surface area contributed by atoms with E-state index in [1.165, 1.54) is 0 Å². The zero-order chi connectivity index (χ0) is 20.3. The van der Waals surface area contributed by atoms with Crippen LogP contribution in [-0.2, 0) is 10.0 Å². The van der Waals surface area contributed by atoms with Crippen molar-refractivity contribution in [1.29, 1.82) is 0 Å². The predicted octanol–water partition coefficient (Wildman–Crippen LogP) is 3.23. The molecule has 1 atom stereocenters. The third-order valence-corrected chi connectivity index (χ3v) is 6.26. The van der Waals surface area contributed by atoms with Crippen LogP contribution in [0.2, 0.25) is 0 Å². The van der Waals surface area contributed by atoms with Crippen LogP contribution in [0.3, 0.4) is 0 Å². The van der Waals surface area contributed by atoms with Crippen LogP contribution in [0.4, 0.5) is 13.2 Å². The molecule has 0 aromatic heterocycles. The molecule has 1 fully saturated rings. The molecule has 0 saturated carbocycles. The molecular formula is C19H21F3N2O3S. The van der Waals surface area contributed by atoms with Gasteiger partial charge in [0.15, 0.2) is 17.5 Å². The summed E-state index contributed by atoms with van der Waals surface area (Å²) in [5.41, 5.74) is 0.842. The van der Waals surface area contributed by atoms with E-state index in [9.17, 15) is 21.6 Å². The number of ether oxygens (including phenoxy) is 1. The first-order chi connectivity index (χ1) is 13.3. The first kappa shape index (κ1) is 20.6. The topological polar surface area (TPSA) is 58.6 Å². The van der Waals surface area contributed by atoms with Gasteiger partial charge in [0.05, 0.1) is 7.11 Å². The lowest BCUT2D eigenvalue weighted by molar-refractivity contribution is 0.246. The van der Waals surface area contributed by atoms with Crippen LogP contribution in [0.25, 0.3) is 0 Å². The number of hydrogen-bond acceptors (Lipinski definition) is 4. The highest BCUT2D eigenvalue weighted by Crippen LogP contribution is 2.28. The van der Waals surface area contributed by atoms with Crippen LogP contribution >= 0.6 is 0 Å². The first-order valence-electron chi connectivity index (χ1n) is 8.84. The second kappa shape index (κ2) is 8.50. The SMILES string of the molecule is COc1cccc(C(CNS(=O)(=O)c2ccc(F)c(F)c2F)N2CCCC2)c1. The Labute approximate surface area is 162 Å². The average Bonchev–Trinajstić information content (AvgIpc) is 3.20. The van der Waals surface area contributed by atoms with Crippen molar-refractivity contribution < 1.29 is 26.3 Å². The molecule has 9 heteroatoms. The van der Waals surface area contributed by atoms with Crippen molar-refractivity contribution in [1.82, 2.24) is 9.62 Å². The average molecular weight is 414 g/mol. The van der Waals surface area contributed by atoms with Gasteiger partial charge >= 0.3 is 0 Å². The summed E-state index contributed by atoms with van der Waals surface area (Å²) in [6, 6.07) is 8.26. The van der Waals surface area contributed by atoms with E-state index in [1.54, 1.807) is 19.2 Å². The van der Waals surface area contributed by atoms with Crippen LogP contribution in [0.5, 0.6) is 5.75 Å². The molecule has 1 N–H and O–H groups in total.